The van der Waals surface area contributed by atoms with Crippen LogP contribution in [-0.2, 0) is 0 Å². The van der Waals surface area contributed by atoms with Crippen molar-refractivity contribution < 1.29 is 15.3 Å². The summed E-state index contributed by atoms with van der Waals surface area (Å²) in [6, 6.07) is 0. The van der Waals surface area contributed by atoms with Gasteiger partial charge in [-0.05, 0) is 19.3 Å². The Hall–Kier alpha value is -0.160. The van der Waals surface area contributed by atoms with E-state index in [1.165, 1.54) is 0 Å². The molecule has 3 atom stereocenters. The van der Waals surface area contributed by atoms with E-state index < -0.39 is 5.54 Å². The van der Waals surface area contributed by atoms with Crippen molar-refractivity contribution in [2.45, 2.75) is 64.8 Å². The third-order valence-electron chi connectivity index (χ3n) is 4.69. The molecular formula is C16H35NO3. The molecule has 0 aliphatic rings. The van der Waals surface area contributed by atoms with Crippen molar-refractivity contribution >= 4 is 0 Å². The number of nitrogens with two attached hydrogens (primary N) is 1. The largest absolute Gasteiger partial charge is 0.396 e. The molecule has 20 heavy (non-hydrogen) atoms. The first-order valence-electron chi connectivity index (χ1n) is 8.17. The fraction of sp³-hybridized carbons (Fsp3) is 1.00. The van der Waals surface area contributed by atoms with Gasteiger partial charge in [0.05, 0.1) is 0 Å². The van der Waals surface area contributed by atoms with Gasteiger partial charge in [-0.3, -0.25) is 0 Å². The first-order valence-corrected chi connectivity index (χ1v) is 8.17. The molecule has 4 heteroatoms. The summed E-state index contributed by atoms with van der Waals surface area (Å²) in [4.78, 5) is 0. The van der Waals surface area contributed by atoms with Gasteiger partial charge in [-0.1, -0.05) is 40.0 Å². The van der Waals surface area contributed by atoms with Gasteiger partial charge in [0.1, 0.15) is 0 Å². The van der Waals surface area contributed by atoms with E-state index >= 15 is 0 Å². The lowest BCUT2D eigenvalue weighted by molar-refractivity contribution is -0.00532. The van der Waals surface area contributed by atoms with Crippen molar-refractivity contribution in [2.75, 3.05) is 19.8 Å². The first kappa shape index (κ1) is 19.8. The van der Waals surface area contributed by atoms with E-state index in [1.54, 1.807) is 0 Å². The van der Waals surface area contributed by atoms with Gasteiger partial charge >= 0.3 is 0 Å². The molecule has 122 valence electrons. The third-order valence-corrected chi connectivity index (χ3v) is 4.69. The average Bonchev–Trinajstić information content (AvgIpc) is 2.46. The number of aliphatic hydroxyl groups excluding tert-OH is 3. The summed E-state index contributed by atoms with van der Waals surface area (Å²) >= 11 is 0. The van der Waals surface area contributed by atoms with Crippen LogP contribution in [0.25, 0.3) is 0 Å². The molecule has 0 amide bonds. The van der Waals surface area contributed by atoms with Crippen LogP contribution in [-0.4, -0.2) is 40.7 Å². The van der Waals surface area contributed by atoms with Gasteiger partial charge in [-0.25, -0.2) is 0 Å². The van der Waals surface area contributed by atoms with Crippen LogP contribution in [0.15, 0.2) is 0 Å². The van der Waals surface area contributed by atoms with Crippen molar-refractivity contribution in [3.63, 3.8) is 0 Å². The lowest BCUT2D eigenvalue weighted by atomic mass is 9.63. The summed E-state index contributed by atoms with van der Waals surface area (Å²) in [7, 11) is 0. The van der Waals surface area contributed by atoms with Crippen LogP contribution >= 0.6 is 0 Å². The van der Waals surface area contributed by atoms with Crippen LogP contribution in [0.1, 0.15) is 59.3 Å². The van der Waals surface area contributed by atoms with Crippen LogP contribution in [0.2, 0.25) is 0 Å². The molecule has 0 aromatic carbocycles. The summed E-state index contributed by atoms with van der Waals surface area (Å²) < 4.78 is 0. The average molecular weight is 289 g/mol. The lowest BCUT2D eigenvalue weighted by Gasteiger charge is -2.47. The number of hydrogen-bond acceptors (Lipinski definition) is 4. The zero-order valence-corrected chi connectivity index (χ0v) is 13.5. The third kappa shape index (κ3) is 4.69. The Balaban J connectivity index is 5.46. The van der Waals surface area contributed by atoms with Gasteiger partial charge < -0.3 is 21.1 Å². The highest BCUT2D eigenvalue weighted by Crippen LogP contribution is 2.38. The predicted octanol–water partition coefficient (Wildman–Crippen LogP) is 1.91. The van der Waals surface area contributed by atoms with Crippen molar-refractivity contribution in [2.24, 2.45) is 23.5 Å². The van der Waals surface area contributed by atoms with Crippen LogP contribution < -0.4 is 5.73 Å². The molecule has 0 spiro atoms. The maximum Gasteiger partial charge on any atom is 0.0477 e. The monoisotopic (exact) mass is 289 g/mol. The fourth-order valence-electron chi connectivity index (χ4n) is 3.54. The summed E-state index contributed by atoms with van der Waals surface area (Å²) in [6.07, 6.45) is 5.31. The zero-order chi connectivity index (χ0) is 15.6. The van der Waals surface area contributed by atoms with Crippen LogP contribution in [0.3, 0.4) is 0 Å². The SMILES string of the molecule is CCCC(CO)C(N)(C(CO)CCC)C(CO)CCC. The minimum atomic E-state index is -0.694. The molecule has 0 heterocycles. The normalized spacial score (nSPS) is 19.4. The fourth-order valence-corrected chi connectivity index (χ4v) is 3.54. The summed E-state index contributed by atoms with van der Waals surface area (Å²) in [5.74, 6) is -0.209. The predicted molar refractivity (Wildman–Crippen MR) is 83.4 cm³/mol. The molecule has 4 nitrogen and oxygen atoms in total. The molecule has 0 bridgehead atoms. The lowest BCUT2D eigenvalue weighted by Crippen LogP contribution is -2.61. The number of hydrogen-bond donors (Lipinski definition) is 4. The molecule has 3 unspecified atom stereocenters. The molecular weight excluding hydrogens is 254 g/mol. The Kier molecular flexibility index (Phi) is 10.5. The van der Waals surface area contributed by atoms with Gasteiger partial charge in [0, 0.05) is 43.1 Å². The highest BCUT2D eigenvalue weighted by molar-refractivity contribution is 5.01. The topological polar surface area (TPSA) is 86.7 Å². The highest BCUT2D eigenvalue weighted by atomic mass is 16.3. The highest BCUT2D eigenvalue weighted by Gasteiger charge is 2.45. The summed E-state index contributed by atoms with van der Waals surface area (Å²) in [6.45, 7) is 6.28. The van der Waals surface area contributed by atoms with Crippen LogP contribution in [0.4, 0.5) is 0 Å². The van der Waals surface area contributed by atoms with Crippen molar-refractivity contribution in [1.29, 1.82) is 0 Å². The number of rotatable bonds is 12. The van der Waals surface area contributed by atoms with Crippen molar-refractivity contribution in [3.8, 4) is 0 Å². The minimum Gasteiger partial charge on any atom is -0.396 e. The minimum absolute atomic E-state index is 0.0186. The van der Waals surface area contributed by atoms with Gasteiger partial charge in [-0.2, -0.15) is 0 Å². The standard InChI is InChI=1S/C16H35NO3/c1-4-7-13(10-18)16(17,14(11-19)8-5-2)15(12-20)9-6-3/h13-15,18-20H,4-12,17H2,1-3H3. The molecule has 0 saturated heterocycles. The van der Waals surface area contributed by atoms with Crippen molar-refractivity contribution in [1.82, 2.24) is 0 Å². The van der Waals surface area contributed by atoms with Gasteiger partial charge in [0.25, 0.3) is 0 Å². The Labute approximate surface area is 124 Å². The van der Waals surface area contributed by atoms with Gasteiger partial charge in [-0.15, -0.1) is 0 Å². The maximum absolute atomic E-state index is 9.77. The molecule has 0 radical (unpaired) electrons. The van der Waals surface area contributed by atoms with E-state index in [4.69, 9.17) is 5.73 Å². The quantitative estimate of drug-likeness (QED) is 0.442. The maximum atomic E-state index is 9.77. The second-order valence-corrected chi connectivity index (χ2v) is 6.00. The molecule has 5 N–H and O–H groups in total. The molecule has 0 saturated carbocycles. The summed E-state index contributed by atoms with van der Waals surface area (Å²) in [5.41, 5.74) is 6.05. The second-order valence-electron chi connectivity index (χ2n) is 6.00. The smallest absolute Gasteiger partial charge is 0.0477 e. The molecule has 0 aliphatic carbocycles. The van der Waals surface area contributed by atoms with E-state index in [2.05, 4.69) is 20.8 Å². The Morgan fingerprint density at radius 1 is 0.700 bits per heavy atom. The second kappa shape index (κ2) is 10.6. The van der Waals surface area contributed by atoms with Gasteiger partial charge in [0.2, 0.25) is 0 Å². The van der Waals surface area contributed by atoms with E-state index in [-0.39, 0.29) is 37.6 Å². The van der Waals surface area contributed by atoms with E-state index in [1.807, 2.05) is 0 Å². The van der Waals surface area contributed by atoms with Crippen LogP contribution in [0.5, 0.6) is 0 Å². The zero-order valence-electron chi connectivity index (χ0n) is 13.5. The Morgan fingerprint density at radius 2 is 0.950 bits per heavy atom. The molecule has 0 fully saturated rings. The molecule has 0 rings (SSSR count). The van der Waals surface area contributed by atoms with Crippen molar-refractivity contribution in [3.05, 3.63) is 0 Å². The van der Waals surface area contributed by atoms with E-state index in [0.717, 1.165) is 38.5 Å². The molecule has 0 aromatic rings. The van der Waals surface area contributed by atoms with E-state index in [9.17, 15) is 15.3 Å². The van der Waals surface area contributed by atoms with Gasteiger partial charge in [0.15, 0.2) is 0 Å². The summed E-state index contributed by atoms with van der Waals surface area (Å²) in [5, 5.41) is 29.3. The Morgan fingerprint density at radius 3 is 1.10 bits per heavy atom. The molecule has 0 aromatic heterocycles. The number of aliphatic hydroxyl groups is 3. The molecule has 0 aliphatic heterocycles. The first-order chi connectivity index (χ1) is 9.56. The Bertz CT molecular complexity index is 200. The van der Waals surface area contributed by atoms with Crippen LogP contribution in [0, 0.1) is 17.8 Å². The van der Waals surface area contributed by atoms with E-state index in [0.29, 0.717) is 0 Å².